The van der Waals surface area contributed by atoms with Crippen molar-refractivity contribution in [3.63, 3.8) is 0 Å². The van der Waals surface area contributed by atoms with Crippen molar-refractivity contribution in [2.24, 2.45) is 16.6 Å². The van der Waals surface area contributed by atoms with E-state index in [1.165, 1.54) is 36.4 Å². The Morgan fingerprint density at radius 2 is 0.967 bits per heavy atom. The van der Waals surface area contributed by atoms with Gasteiger partial charge in [-0.25, -0.2) is 4.98 Å². The summed E-state index contributed by atoms with van der Waals surface area (Å²) >= 11 is 0. The molecule has 0 radical (unpaired) electrons. The molecule has 42 heteroatoms. The summed E-state index contributed by atoms with van der Waals surface area (Å²) in [6.07, 6.45) is -0.0956. The number of carboxylic acid groups (broad SMARTS) is 2. The van der Waals surface area contributed by atoms with Gasteiger partial charge in [0.05, 0.1) is 37.2 Å². The Balaban J connectivity index is 0.983. The molecule has 5 aromatic carbocycles. The van der Waals surface area contributed by atoms with Crippen LogP contribution in [0.3, 0.4) is 0 Å². The molecule has 0 bridgehead atoms. The molecule has 12 amide bonds. The number of carbonyl (C=O) groups is 14. The van der Waals surface area contributed by atoms with Crippen LogP contribution in [0.5, 0.6) is 0 Å². The molecule has 652 valence electrons. The second-order valence-corrected chi connectivity index (χ2v) is 30.3. The van der Waals surface area contributed by atoms with E-state index >= 15 is 0 Å². The van der Waals surface area contributed by atoms with Gasteiger partial charge in [0.1, 0.15) is 59.0 Å². The van der Waals surface area contributed by atoms with Crippen LogP contribution in [0.2, 0.25) is 0 Å². The number of hydrogen-bond acceptors (Lipinski definition) is 22. The number of aliphatic carboxylic acids is 2. The van der Waals surface area contributed by atoms with E-state index in [2.05, 4.69) is 95.3 Å². The van der Waals surface area contributed by atoms with Crippen molar-refractivity contribution < 1.29 is 90.3 Å². The number of anilines is 1. The van der Waals surface area contributed by atoms with Crippen LogP contribution in [0.15, 0.2) is 138 Å². The molecule has 0 aliphatic carbocycles. The summed E-state index contributed by atoms with van der Waals surface area (Å²) in [5.41, 5.74) is 14.6. The maximum atomic E-state index is 14.7. The number of hydrogen-bond donors (Lipinski definition) is 23. The molecule has 1 aromatic heterocycles. The lowest BCUT2D eigenvalue weighted by molar-refractivity contribution is -0.141. The van der Waals surface area contributed by atoms with Gasteiger partial charge in [-0.1, -0.05) is 103 Å². The summed E-state index contributed by atoms with van der Waals surface area (Å²) in [5, 5.41) is 81.8. The van der Waals surface area contributed by atoms with Gasteiger partial charge in [0.2, 0.25) is 65.0 Å². The Hall–Kier alpha value is -13.8. The van der Waals surface area contributed by atoms with Crippen molar-refractivity contribution in [2.45, 2.75) is 162 Å². The number of carboxylic acids is 2. The fourth-order valence-electron chi connectivity index (χ4n) is 13.3. The highest BCUT2D eigenvalue weighted by atomic mass is 32.2. The summed E-state index contributed by atoms with van der Waals surface area (Å²) in [7, 11) is -4.62. The first-order valence-electron chi connectivity index (χ1n) is 39.5. The molecule has 2 aliphatic heterocycles. The number of pyridine rings is 1. The fraction of sp³-hybridized carbons (Fsp3) is 0.400. The van der Waals surface area contributed by atoms with Crippen molar-refractivity contribution in [3.8, 4) is 0 Å². The maximum Gasteiger partial charge on any atom is 0.305 e. The molecule has 9 atom stereocenters. The second kappa shape index (κ2) is 47.1. The lowest BCUT2D eigenvalue weighted by Crippen LogP contribution is -2.58. The molecule has 1 unspecified atom stereocenters. The number of benzene rings is 5. The Morgan fingerprint density at radius 3 is 1.49 bits per heavy atom. The van der Waals surface area contributed by atoms with E-state index in [-0.39, 0.29) is 152 Å². The largest absolute Gasteiger partial charge is 0.481 e. The van der Waals surface area contributed by atoms with Crippen LogP contribution in [-0.4, -0.2) is 229 Å². The number of unbranched alkanes of at least 4 members (excludes halogenated alkanes) is 2. The van der Waals surface area contributed by atoms with E-state index in [0.717, 1.165) is 34.0 Å². The van der Waals surface area contributed by atoms with Gasteiger partial charge in [-0.05, 0) is 121 Å². The van der Waals surface area contributed by atoms with E-state index in [9.17, 15) is 90.3 Å². The average Bonchev–Trinajstić information content (AvgIpc) is 1.06. The normalized spacial score (nSPS) is 19.5. The minimum absolute atomic E-state index is 0.00590. The number of nitrogens with zero attached hydrogens (tertiary/aromatic N) is 2. The Morgan fingerprint density at radius 1 is 0.508 bits per heavy atom. The van der Waals surface area contributed by atoms with Gasteiger partial charge in [-0.3, -0.25) is 87.9 Å². The number of carbonyl (C=O) groups excluding carboxylic acids is 12. The molecule has 2 aliphatic rings. The number of hydrazone groups is 1. The molecule has 0 saturated carbocycles. The number of nitrogens with two attached hydrogens (primary N) is 2. The lowest BCUT2D eigenvalue weighted by Gasteiger charge is -2.26. The van der Waals surface area contributed by atoms with Crippen molar-refractivity contribution in [2.75, 3.05) is 51.2 Å². The predicted molar refractivity (Wildman–Crippen MR) is 445 cm³/mol. The molecule has 25 N–H and O–H groups in total. The van der Waals surface area contributed by atoms with Gasteiger partial charge in [0.25, 0.3) is 16.0 Å². The number of guanidine groups is 2. The fourth-order valence-corrected chi connectivity index (χ4v) is 13.9. The van der Waals surface area contributed by atoms with E-state index in [1.807, 2.05) is 54.6 Å². The molecular weight excluding hydrogens is 1610 g/mol. The van der Waals surface area contributed by atoms with Gasteiger partial charge in [-0.2, -0.15) is 13.5 Å². The van der Waals surface area contributed by atoms with E-state index in [1.54, 1.807) is 30.3 Å². The van der Waals surface area contributed by atoms with E-state index < -0.39 is 178 Å². The van der Waals surface area contributed by atoms with Gasteiger partial charge >= 0.3 is 11.9 Å². The minimum atomic E-state index is -4.62. The lowest BCUT2D eigenvalue weighted by atomic mass is 10.00. The maximum absolute atomic E-state index is 14.7. The zero-order valence-corrected chi connectivity index (χ0v) is 67.3. The molecule has 6 aromatic rings. The zero-order valence-electron chi connectivity index (χ0n) is 66.5. The van der Waals surface area contributed by atoms with Crippen LogP contribution >= 0.6 is 0 Å². The van der Waals surface area contributed by atoms with Crippen LogP contribution in [0.4, 0.5) is 5.82 Å². The Bertz CT molecular complexity index is 4940. The quantitative estimate of drug-likeness (QED) is 0.00672. The third-order valence-corrected chi connectivity index (χ3v) is 20.5. The molecule has 122 heavy (non-hydrogen) atoms. The topological polar surface area (TPSA) is 651 Å². The molecule has 2 saturated heterocycles. The zero-order chi connectivity index (χ0) is 88.3. The summed E-state index contributed by atoms with van der Waals surface area (Å²) in [5.74, 6) is -13.6. The molecule has 8 rings (SSSR count). The Kier molecular flexibility index (Phi) is 36.2. The van der Waals surface area contributed by atoms with E-state index in [4.69, 9.17) is 22.3 Å². The summed E-state index contributed by atoms with van der Waals surface area (Å²) in [6.45, 7) is -0.987. The second-order valence-electron chi connectivity index (χ2n) is 28.9. The van der Waals surface area contributed by atoms with Crippen molar-refractivity contribution in [1.29, 1.82) is 10.8 Å². The third kappa shape index (κ3) is 31.2. The highest BCUT2D eigenvalue weighted by Gasteiger charge is 2.36. The van der Waals surface area contributed by atoms with Crippen LogP contribution in [0.25, 0.3) is 21.5 Å². The average molecular weight is 1710 g/mol. The molecule has 3 heterocycles. The standard InChI is InChI=1S/C80H102N22O19S/c81-79(82)89-33-11-20-54-70(110)88-36-35-85-59(41-67(105)106)75(115)100-60(39-46-23-25-48-13-1-3-15-50(48)37-46)76(116)98-57(73(113)96-54)19-8-10-32-87-71(111)58(95-69(109)53-27-29-64(91-43-53)102-93-44-52-17-5-6-22-63(52)122(119,120)121)28-30-65(103)86-31-9-7-18-56-74(114)97-55(21-12-34-90-80(83)84)72(112)92-45-66(104)94-62(42-68(107)108)78(118)101-61(77(117)99-56)40-47-24-26-49-14-2-4-16-51(49)38-47/h1-6,13-17,22-27,29,37-38,43-44,54-62,85H,7-12,18-21,28,30-36,39-42,45H2,(H,86,103)(H,87,111)(H,88,110)(H,91,102)(H,92,112)(H,94,104)(H,95,109)(H,96,113)(H,97,114)(H,98,116)(H,99,117)(H,100,115)(H,101,118)(H,105,106)(H,107,108)(H4,81,82,89)(H4,83,84,90)(H,119,120,121)/b93-44-/t54-,55-,56-,57-,58?,59-,60+,61+,62-/m0/s1. The van der Waals surface area contributed by atoms with Crippen molar-refractivity contribution >= 4 is 138 Å². The minimum Gasteiger partial charge on any atom is -0.481 e. The van der Waals surface area contributed by atoms with Crippen molar-refractivity contribution in [3.05, 3.63) is 150 Å². The Labute approximate surface area is 700 Å². The highest BCUT2D eigenvalue weighted by molar-refractivity contribution is 7.86. The monoisotopic (exact) mass is 1710 g/mol. The first kappa shape index (κ1) is 93.7. The molecule has 0 spiro atoms. The predicted octanol–water partition coefficient (Wildman–Crippen LogP) is -1.89. The van der Waals surface area contributed by atoms with E-state index in [0.29, 0.717) is 11.1 Å². The van der Waals surface area contributed by atoms with Gasteiger partial charge in [0, 0.05) is 70.3 Å². The summed E-state index contributed by atoms with van der Waals surface area (Å²) in [4.78, 5) is 198. The highest BCUT2D eigenvalue weighted by Crippen LogP contribution is 2.21. The third-order valence-electron chi connectivity index (χ3n) is 19.6. The summed E-state index contributed by atoms with van der Waals surface area (Å²) < 4.78 is 33.6. The molecule has 2 fully saturated rings. The summed E-state index contributed by atoms with van der Waals surface area (Å²) in [6, 6.07) is 20.5. The van der Waals surface area contributed by atoms with Crippen LogP contribution in [-0.2, 0) is 85.3 Å². The first-order chi connectivity index (χ1) is 58.3. The number of nitrogens with one attached hydrogen (secondary N) is 18. The van der Waals surface area contributed by atoms with Gasteiger partial charge in [0.15, 0.2) is 11.9 Å². The molecular formula is C80H102N22O19S. The van der Waals surface area contributed by atoms with Crippen molar-refractivity contribution in [1.82, 2.24) is 84.7 Å². The van der Waals surface area contributed by atoms with Crippen LogP contribution < -0.4 is 96.6 Å². The number of rotatable bonds is 36. The SMILES string of the molecule is N=C(N)NCCC[C@@H]1NC(=O)[C@H](CCCCNC(=O)C(CCC(=O)NCCCC[C@@H]2NC(=O)[C@@H](Cc3ccc4ccccc4c3)NC(=O)[C@H](CC(=O)O)NC(=O)CNC(=O)[C@H](CCCNC(=N)N)NC2=O)NC(=O)c2ccc(N/N=C\c3ccccc3S(=O)(=O)O)nc2)NC(=O)[C@@H](Cc2ccc3ccccc3c2)NC(=O)[C@H](CC(=O)O)NCCNC1=O. The number of fused-ring (bicyclic) bond motifs is 2. The van der Waals surface area contributed by atoms with Crippen LogP contribution in [0, 0.1) is 10.8 Å². The van der Waals surface area contributed by atoms with Gasteiger partial charge < -0.3 is 101 Å². The van der Waals surface area contributed by atoms with Crippen LogP contribution in [0.1, 0.15) is 117 Å². The number of amides is 12. The number of aromatic nitrogens is 1. The smallest absolute Gasteiger partial charge is 0.305 e. The first-order valence-corrected chi connectivity index (χ1v) is 40.9. The molecule has 41 nitrogen and oxygen atoms in total. The van der Waals surface area contributed by atoms with Gasteiger partial charge in [-0.15, -0.1) is 0 Å².